The number of unbranched alkanes of at least 4 members (excludes halogenated alkanes) is 13. The third-order valence-corrected chi connectivity index (χ3v) is 7.74. The van der Waals surface area contributed by atoms with Crippen LogP contribution in [0, 0.1) is 16.7 Å². The van der Waals surface area contributed by atoms with E-state index in [1.807, 2.05) is 13.8 Å². The van der Waals surface area contributed by atoms with Gasteiger partial charge in [0.15, 0.2) is 0 Å². The highest BCUT2D eigenvalue weighted by molar-refractivity contribution is 7.79. The molecule has 0 aliphatic heterocycles. The zero-order valence-corrected chi connectivity index (χ0v) is 34.0. The van der Waals surface area contributed by atoms with Crippen molar-refractivity contribution in [2.45, 2.75) is 205 Å². The van der Waals surface area contributed by atoms with E-state index in [0.29, 0.717) is 24.2 Å². The first-order chi connectivity index (χ1) is 22.0. The second kappa shape index (κ2) is 39.9. The van der Waals surface area contributed by atoms with Crippen LogP contribution in [-0.2, 0) is 14.3 Å². The molecule has 0 heterocycles. The molecule has 0 aromatic heterocycles. The lowest BCUT2D eigenvalue weighted by Crippen LogP contribution is -2.19. The Morgan fingerprint density at radius 3 is 1.65 bits per heavy atom. The topological polar surface area (TPSA) is 71.7 Å². The Bertz CT molecular complexity index is 714. The van der Waals surface area contributed by atoms with E-state index in [9.17, 15) is 4.79 Å². The quantitative estimate of drug-likeness (QED) is 0.0373. The number of esters is 1. The Labute approximate surface area is 295 Å². The molecule has 0 aliphatic rings. The normalized spacial score (nSPS) is 12.0. The van der Waals surface area contributed by atoms with Gasteiger partial charge in [0.2, 0.25) is 5.90 Å². The first-order valence-corrected chi connectivity index (χ1v) is 19.6. The fraction of sp³-hybridized carbons (Fsp3) is 0.875. The summed E-state index contributed by atoms with van der Waals surface area (Å²) in [6.07, 6.45) is 25.9. The number of methoxy groups -OCH3 is 1. The van der Waals surface area contributed by atoms with Gasteiger partial charge in [-0.3, -0.25) is 10.2 Å². The van der Waals surface area contributed by atoms with Crippen molar-refractivity contribution in [3.8, 4) is 0 Å². The van der Waals surface area contributed by atoms with Gasteiger partial charge >= 0.3 is 5.97 Å². The van der Waals surface area contributed by atoms with Crippen molar-refractivity contribution in [2.75, 3.05) is 13.7 Å². The highest BCUT2D eigenvalue weighted by Crippen LogP contribution is 2.25. The van der Waals surface area contributed by atoms with Gasteiger partial charge < -0.3 is 9.47 Å². The maximum atomic E-state index is 10.8. The molecule has 0 amide bonds. The Balaban J connectivity index is -0.000000295. The SMILES string of the molecule is CC.CCC(C)CC(C)(C)C.CCC/C=C(CC)/C(=N/S)C(=N)OCCCCCC.CCCCCCCCCCCCC(=O)OC. The minimum Gasteiger partial charge on any atom is -0.477 e. The van der Waals surface area contributed by atoms with Gasteiger partial charge in [-0.25, -0.2) is 4.40 Å². The molecule has 0 saturated heterocycles. The average molecular weight is 671 g/mol. The number of carbonyl (C=O) groups is 1. The Kier molecular flexibility index (Phi) is 44.7. The van der Waals surface area contributed by atoms with Gasteiger partial charge in [-0.15, -0.1) is 0 Å². The summed E-state index contributed by atoms with van der Waals surface area (Å²) in [6, 6.07) is 0. The number of carbonyl (C=O) groups excluding carboxylic acids is 1. The van der Waals surface area contributed by atoms with Gasteiger partial charge in [0.25, 0.3) is 0 Å². The zero-order chi connectivity index (χ0) is 36.1. The van der Waals surface area contributed by atoms with E-state index < -0.39 is 0 Å². The van der Waals surface area contributed by atoms with Gasteiger partial charge in [-0.05, 0) is 61.8 Å². The molecular weight excluding hydrogens is 589 g/mol. The highest BCUT2D eigenvalue weighted by atomic mass is 32.1. The molecule has 0 bridgehead atoms. The molecule has 0 aliphatic carbocycles. The van der Waals surface area contributed by atoms with Crippen molar-refractivity contribution in [1.29, 1.82) is 5.41 Å². The van der Waals surface area contributed by atoms with Crippen LogP contribution in [0.3, 0.4) is 0 Å². The van der Waals surface area contributed by atoms with Crippen LogP contribution >= 0.6 is 12.8 Å². The summed E-state index contributed by atoms with van der Waals surface area (Å²) >= 11 is 3.98. The van der Waals surface area contributed by atoms with Gasteiger partial charge in [-0.1, -0.05) is 172 Å². The third kappa shape index (κ3) is 40.7. The summed E-state index contributed by atoms with van der Waals surface area (Å²) in [4.78, 5) is 10.8. The first-order valence-electron chi connectivity index (χ1n) is 19.2. The molecule has 0 radical (unpaired) electrons. The molecule has 0 spiro atoms. The van der Waals surface area contributed by atoms with Crippen molar-refractivity contribution in [2.24, 2.45) is 15.7 Å². The Morgan fingerprint density at radius 2 is 1.28 bits per heavy atom. The van der Waals surface area contributed by atoms with Crippen LogP contribution in [-0.4, -0.2) is 31.3 Å². The van der Waals surface area contributed by atoms with Crippen molar-refractivity contribution in [3.63, 3.8) is 0 Å². The molecule has 46 heavy (non-hydrogen) atoms. The van der Waals surface area contributed by atoms with Crippen LogP contribution in [0.4, 0.5) is 0 Å². The van der Waals surface area contributed by atoms with Crippen LogP contribution < -0.4 is 0 Å². The van der Waals surface area contributed by atoms with Crippen LogP contribution in [0.1, 0.15) is 205 Å². The number of hydrogen-bond acceptors (Lipinski definition) is 6. The fourth-order valence-electron chi connectivity index (χ4n) is 4.80. The summed E-state index contributed by atoms with van der Waals surface area (Å²) in [6.45, 7) is 24.7. The van der Waals surface area contributed by atoms with Crippen molar-refractivity contribution in [1.82, 2.24) is 0 Å². The number of hydrogen-bond donors (Lipinski definition) is 2. The van der Waals surface area contributed by atoms with Crippen molar-refractivity contribution in [3.05, 3.63) is 11.6 Å². The van der Waals surface area contributed by atoms with E-state index in [2.05, 4.69) is 90.3 Å². The third-order valence-electron chi connectivity index (χ3n) is 7.54. The van der Waals surface area contributed by atoms with E-state index >= 15 is 0 Å². The Morgan fingerprint density at radius 1 is 0.804 bits per heavy atom. The minimum absolute atomic E-state index is 0.0698. The van der Waals surface area contributed by atoms with Gasteiger partial charge in [0.05, 0.1) is 13.7 Å². The predicted molar refractivity (Wildman–Crippen MR) is 211 cm³/mol. The molecule has 1 atom stereocenters. The number of nitrogens with one attached hydrogen (secondary N) is 1. The van der Waals surface area contributed by atoms with Crippen LogP contribution in [0.5, 0.6) is 0 Å². The Hall–Kier alpha value is -1.30. The fourth-order valence-corrected chi connectivity index (χ4v) is 5.02. The molecule has 6 heteroatoms. The molecular formula is C40H82N2O3S. The van der Waals surface area contributed by atoms with Crippen molar-refractivity contribution < 1.29 is 14.3 Å². The van der Waals surface area contributed by atoms with Gasteiger partial charge in [0, 0.05) is 6.42 Å². The molecule has 0 aromatic carbocycles. The molecule has 1 unspecified atom stereocenters. The number of rotatable bonds is 23. The molecule has 1 N–H and O–H groups in total. The van der Waals surface area contributed by atoms with Gasteiger partial charge in [-0.2, -0.15) is 0 Å². The summed E-state index contributed by atoms with van der Waals surface area (Å²) < 4.78 is 14.0. The predicted octanol–water partition coefficient (Wildman–Crippen LogP) is 13.9. The van der Waals surface area contributed by atoms with E-state index in [1.165, 1.54) is 90.6 Å². The smallest absolute Gasteiger partial charge is 0.305 e. The van der Waals surface area contributed by atoms with E-state index in [0.717, 1.165) is 50.0 Å². The second-order valence-electron chi connectivity index (χ2n) is 13.3. The molecule has 276 valence electrons. The molecule has 0 aromatic rings. The maximum Gasteiger partial charge on any atom is 0.305 e. The number of ether oxygens (including phenoxy) is 2. The lowest BCUT2D eigenvalue weighted by molar-refractivity contribution is -0.140. The summed E-state index contributed by atoms with van der Waals surface area (Å²) in [5.74, 6) is 0.972. The number of thiol groups is 1. The summed E-state index contributed by atoms with van der Waals surface area (Å²) in [5.41, 5.74) is 2.15. The van der Waals surface area contributed by atoms with E-state index in [1.54, 1.807) is 0 Å². The number of nitrogens with zero attached hydrogens (tertiary/aromatic N) is 1. The largest absolute Gasteiger partial charge is 0.477 e. The van der Waals surface area contributed by atoms with Crippen LogP contribution in [0.15, 0.2) is 16.0 Å². The molecule has 0 rings (SSSR count). The maximum absolute atomic E-state index is 10.8. The first kappa shape index (κ1) is 51.5. The molecule has 0 saturated carbocycles. The molecule has 5 nitrogen and oxygen atoms in total. The lowest BCUT2D eigenvalue weighted by atomic mass is 9.84. The van der Waals surface area contributed by atoms with Crippen LogP contribution in [0.25, 0.3) is 0 Å². The zero-order valence-electron chi connectivity index (χ0n) is 33.1. The minimum atomic E-state index is -0.0698. The van der Waals surface area contributed by atoms with Gasteiger partial charge in [0.1, 0.15) is 5.71 Å². The van der Waals surface area contributed by atoms with Crippen LogP contribution in [0.2, 0.25) is 0 Å². The molecule has 0 fully saturated rings. The number of allylic oxidation sites excluding steroid dienone is 1. The summed E-state index contributed by atoms with van der Waals surface area (Å²) in [7, 11) is 1.46. The highest BCUT2D eigenvalue weighted by Gasteiger charge is 2.13. The van der Waals surface area contributed by atoms with Crippen molar-refractivity contribution >= 4 is 30.4 Å². The average Bonchev–Trinajstić information content (AvgIpc) is 3.04. The second-order valence-corrected chi connectivity index (χ2v) is 13.5. The van der Waals surface area contributed by atoms with E-state index in [-0.39, 0.29) is 11.9 Å². The summed E-state index contributed by atoms with van der Waals surface area (Å²) in [5, 5.41) is 7.95. The standard InChI is InChI=1S/C15H28N2OS.C14H28O2.C9H20.C2H6/c1-4-7-9-10-12-18-15(16)14(17-19)13(6-3)11-8-5-2;1-3-4-5-6-7-8-9-10-11-12-13-14(15)16-2;1-6-8(2)7-9(3,4)5;1-2/h11,16,19H,4-10,12H2,1-3H3;3-13H2,1-2H3;8H,6-7H2,1-5H3;1-2H3/b13-11+,16-15?,17-14-;;;. The monoisotopic (exact) mass is 671 g/mol. The van der Waals surface area contributed by atoms with E-state index in [4.69, 9.17) is 10.1 Å². The lowest BCUT2D eigenvalue weighted by Gasteiger charge is -2.21.